The summed E-state index contributed by atoms with van der Waals surface area (Å²) >= 11 is 0. The van der Waals surface area contributed by atoms with Crippen molar-refractivity contribution in [2.45, 2.75) is 57.2 Å². The van der Waals surface area contributed by atoms with Gasteiger partial charge in [-0.05, 0) is 37.8 Å². The van der Waals surface area contributed by atoms with Gasteiger partial charge in [-0.3, -0.25) is 9.69 Å². The molecular weight excluding hydrogens is 342 g/mol. The number of rotatable bonds is 6. The van der Waals surface area contributed by atoms with E-state index in [9.17, 15) is 9.59 Å². The van der Waals surface area contributed by atoms with Crippen LogP contribution in [0.25, 0.3) is 0 Å². The zero-order valence-electron chi connectivity index (χ0n) is 15.9. The van der Waals surface area contributed by atoms with Gasteiger partial charge in [-0.1, -0.05) is 43.7 Å². The van der Waals surface area contributed by atoms with Crippen molar-refractivity contribution < 1.29 is 14.7 Å². The predicted molar refractivity (Wildman–Crippen MR) is 102 cm³/mol. The number of carboxylic acids is 1. The first-order valence-electron chi connectivity index (χ1n) is 10.1. The Morgan fingerprint density at radius 2 is 1.96 bits per heavy atom. The van der Waals surface area contributed by atoms with E-state index in [-0.39, 0.29) is 30.7 Å². The number of likely N-dealkylation sites (tertiary alicyclic amines) is 1. The normalized spacial score (nSPS) is 28.2. The zero-order chi connectivity index (χ0) is 19.0. The van der Waals surface area contributed by atoms with Crippen molar-refractivity contribution in [2.24, 2.45) is 5.41 Å². The molecule has 6 nitrogen and oxygen atoms in total. The molecule has 27 heavy (non-hydrogen) atoms. The highest BCUT2D eigenvalue weighted by Crippen LogP contribution is 2.60. The van der Waals surface area contributed by atoms with Crippen LogP contribution in [0.2, 0.25) is 0 Å². The minimum atomic E-state index is -0.790. The third kappa shape index (κ3) is 3.31. The number of likely N-dealkylation sites (N-methyl/N-ethyl adjacent to an activating group) is 1. The summed E-state index contributed by atoms with van der Waals surface area (Å²) in [5.41, 5.74) is 1.53. The highest BCUT2D eigenvalue weighted by atomic mass is 16.4. The van der Waals surface area contributed by atoms with Crippen LogP contribution in [0.4, 0.5) is 4.79 Å². The molecule has 0 radical (unpaired) electrons. The lowest BCUT2D eigenvalue weighted by molar-refractivity contribution is -0.139. The molecular formula is C21H29N3O3. The summed E-state index contributed by atoms with van der Waals surface area (Å²) in [7, 11) is 0. The second-order valence-electron chi connectivity index (χ2n) is 8.39. The topological polar surface area (TPSA) is 72.9 Å². The Balaban J connectivity index is 1.33. The van der Waals surface area contributed by atoms with Crippen LogP contribution in [-0.2, 0) is 4.79 Å². The van der Waals surface area contributed by atoms with Crippen molar-refractivity contribution >= 4 is 12.0 Å². The minimum absolute atomic E-state index is 0.0334. The fourth-order valence-electron chi connectivity index (χ4n) is 5.09. The molecule has 0 aromatic heterocycles. The highest BCUT2D eigenvalue weighted by Gasteiger charge is 2.58. The monoisotopic (exact) mass is 371 g/mol. The van der Waals surface area contributed by atoms with Gasteiger partial charge in [0.05, 0.1) is 12.6 Å². The minimum Gasteiger partial charge on any atom is -0.480 e. The lowest BCUT2D eigenvalue weighted by atomic mass is 9.56. The SMILES string of the molecule is CCN(CC(=O)O)C1CC(NC(=O)N2CC3(CCC3)C2c2ccccc2)C1. The van der Waals surface area contributed by atoms with Crippen LogP contribution in [0.15, 0.2) is 30.3 Å². The van der Waals surface area contributed by atoms with Crippen LogP contribution < -0.4 is 5.32 Å². The maximum atomic E-state index is 12.9. The van der Waals surface area contributed by atoms with Crippen LogP contribution in [0, 0.1) is 5.41 Å². The number of aliphatic carboxylic acids is 1. The van der Waals surface area contributed by atoms with Gasteiger partial charge in [0.25, 0.3) is 0 Å². The van der Waals surface area contributed by atoms with Crippen molar-refractivity contribution in [1.82, 2.24) is 15.1 Å². The van der Waals surface area contributed by atoms with Gasteiger partial charge in [0.1, 0.15) is 0 Å². The molecule has 3 aliphatic rings. The van der Waals surface area contributed by atoms with Crippen LogP contribution in [-0.4, -0.2) is 58.6 Å². The molecule has 0 bridgehead atoms. The van der Waals surface area contributed by atoms with Crippen molar-refractivity contribution in [2.75, 3.05) is 19.6 Å². The van der Waals surface area contributed by atoms with E-state index in [2.05, 4.69) is 29.6 Å². The molecule has 6 heteroatoms. The molecule has 2 aliphatic carbocycles. The second-order valence-corrected chi connectivity index (χ2v) is 8.39. The fourth-order valence-corrected chi connectivity index (χ4v) is 5.09. The first-order chi connectivity index (χ1) is 13.0. The highest BCUT2D eigenvalue weighted by molar-refractivity contribution is 5.77. The number of hydrogen-bond donors (Lipinski definition) is 2. The van der Waals surface area contributed by atoms with E-state index in [4.69, 9.17) is 5.11 Å². The van der Waals surface area contributed by atoms with E-state index in [0.29, 0.717) is 5.41 Å². The average Bonchev–Trinajstić information content (AvgIpc) is 2.54. The van der Waals surface area contributed by atoms with Crippen LogP contribution in [0.3, 0.4) is 0 Å². The smallest absolute Gasteiger partial charge is 0.318 e. The third-order valence-electron chi connectivity index (χ3n) is 6.80. The van der Waals surface area contributed by atoms with Gasteiger partial charge in [-0.25, -0.2) is 4.79 Å². The van der Waals surface area contributed by atoms with Gasteiger partial charge >= 0.3 is 12.0 Å². The summed E-state index contributed by atoms with van der Waals surface area (Å²) in [6.07, 6.45) is 5.36. The largest absolute Gasteiger partial charge is 0.480 e. The summed E-state index contributed by atoms with van der Waals surface area (Å²) < 4.78 is 0. The Hall–Kier alpha value is -2.08. The Labute approximate surface area is 160 Å². The Morgan fingerprint density at radius 3 is 2.52 bits per heavy atom. The van der Waals surface area contributed by atoms with E-state index in [1.807, 2.05) is 22.8 Å². The van der Waals surface area contributed by atoms with Gasteiger partial charge in [0.15, 0.2) is 0 Å². The van der Waals surface area contributed by atoms with E-state index < -0.39 is 5.97 Å². The number of hydrogen-bond acceptors (Lipinski definition) is 3. The van der Waals surface area contributed by atoms with Gasteiger partial charge in [0.2, 0.25) is 0 Å². The Kier molecular flexibility index (Phi) is 4.84. The fraction of sp³-hybridized carbons (Fsp3) is 0.619. The molecule has 4 rings (SSSR count). The molecule has 1 aromatic carbocycles. The molecule has 2 N–H and O–H groups in total. The van der Waals surface area contributed by atoms with Crippen LogP contribution in [0.1, 0.15) is 50.6 Å². The van der Waals surface area contributed by atoms with Gasteiger partial charge < -0.3 is 15.3 Å². The molecule has 1 atom stereocenters. The molecule has 1 aliphatic heterocycles. The summed E-state index contributed by atoms with van der Waals surface area (Å²) in [5, 5.41) is 12.2. The molecule has 2 amide bonds. The lowest BCUT2D eigenvalue weighted by Gasteiger charge is -2.62. The number of carbonyl (C=O) groups is 2. The third-order valence-corrected chi connectivity index (χ3v) is 6.80. The maximum absolute atomic E-state index is 12.9. The van der Waals surface area contributed by atoms with Crippen molar-refractivity contribution in [3.63, 3.8) is 0 Å². The molecule has 3 fully saturated rings. The Bertz CT molecular complexity index is 698. The zero-order valence-corrected chi connectivity index (χ0v) is 15.9. The van der Waals surface area contributed by atoms with Crippen LogP contribution in [0.5, 0.6) is 0 Å². The lowest BCUT2D eigenvalue weighted by Crippen LogP contribution is -2.67. The quantitative estimate of drug-likeness (QED) is 0.806. The molecule has 146 valence electrons. The van der Waals surface area contributed by atoms with E-state index in [0.717, 1.165) is 25.9 Å². The molecule has 2 saturated carbocycles. The van der Waals surface area contributed by atoms with Crippen molar-refractivity contribution in [3.05, 3.63) is 35.9 Å². The number of nitrogens with one attached hydrogen (secondary N) is 1. The number of carboxylic acid groups (broad SMARTS) is 1. The predicted octanol–water partition coefficient (Wildman–Crippen LogP) is 2.86. The molecule has 1 saturated heterocycles. The standard InChI is InChI=1S/C21H29N3O3/c1-2-23(13-18(25)26)17-11-16(12-17)22-20(27)24-14-21(9-6-10-21)19(24)15-7-4-3-5-8-15/h3-5,7-8,16-17,19H,2,6,9-14H2,1H3,(H,22,27)(H,25,26). The van der Waals surface area contributed by atoms with Gasteiger partial charge in [0, 0.05) is 24.0 Å². The first-order valence-corrected chi connectivity index (χ1v) is 10.1. The van der Waals surface area contributed by atoms with E-state index >= 15 is 0 Å². The molecule has 1 spiro atoms. The summed E-state index contributed by atoms with van der Waals surface area (Å²) in [6, 6.07) is 11.0. The second kappa shape index (κ2) is 7.15. The number of amides is 2. The van der Waals surface area contributed by atoms with Crippen molar-refractivity contribution in [3.8, 4) is 0 Å². The van der Waals surface area contributed by atoms with Gasteiger partial charge in [-0.15, -0.1) is 0 Å². The average molecular weight is 371 g/mol. The number of carbonyl (C=O) groups excluding carboxylic acids is 1. The van der Waals surface area contributed by atoms with Gasteiger partial charge in [-0.2, -0.15) is 0 Å². The maximum Gasteiger partial charge on any atom is 0.318 e. The van der Waals surface area contributed by atoms with E-state index in [1.54, 1.807) is 0 Å². The van der Waals surface area contributed by atoms with Crippen molar-refractivity contribution in [1.29, 1.82) is 0 Å². The van der Waals surface area contributed by atoms with E-state index in [1.165, 1.54) is 24.8 Å². The Morgan fingerprint density at radius 1 is 1.26 bits per heavy atom. The molecule has 1 heterocycles. The number of nitrogens with zero attached hydrogens (tertiary/aromatic N) is 2. The summed E-state index contributed by atoms with van der Waals surface area (Å²) in [6.45, 7) is 3.64. The molecule has 1 unspecified atom stereocenters. The number of benzene rings is 1. The summed E-state index contributed by atoms with van der Waals surface area (Å²) in [4.78, 5) is 27.8. The first kappa shape index (κ1) is 18.3. The molecule has 1 aromatic rings. The summed E-state index contributed by atoms with van der Waals surface area (Å²) in [5.74, 6) is -0.790. The van der Waals surface area contributed by atoms with Crippen LogP contribution >= 0.6 is 0 Å². The number of urea groups is 1.